The largest absolute Gasteiger partial charge is 0.468 e. The second-order valence-corrected chi connectivity index (χ2v) is 7.65. The first-order valence-electron chi connectivity index (χ1n) is 9.05. The minimum absolute atomic E-state index is 0.0513. The number of nitrogens with one attached hydrogen (secondary N) is 2. The van der Waals surface area contributed by atoms with Crippen LogP contribution in [0.1, 0.15) is 23.5 Å². The molecule has 2 amide bonds. The number of benzene rings is 2. The second kappa shape index (κ2) is 9.29. The molecule has 0 aliphatic heterocycles. The predicted molar refractivity (Wildman–Crippen MR) is 111 cm³/mol. The number of hydrogen-bond acceptors (Lipinski definition) is 4. The first-order valence-corrected chi connectivity index (χ1v) is 9.81. The normalized spacial score (nSPS) is 17.3. The number of ether oxygens (including phenoxy) is 1. The van der Waals surface area contributed by atoms with E-state index in [1.807, 2.05) is 12.1 Å². The maximum Gasteiger partial charge on any atom is 0.325 e. The fraction of sp³-hybridized carbons (Fsp3) is 0.286. The lowest BCUT2D eigenvalue weighted by molar-refractivity contribution is -0.141. The number of hydrogen-bond donors (Lipinski definition) is 2. The second-order valence-electron chi connectivity index (χ2n) is 6.84. The van der Waals surface area contributed by atoms with Gasteiger partial charge in [0.25, 0.3) is 0 Å². The van der Waals surface area contributed by atoms with Crippen molar-refractivity contribution < 1.29 is 19.1 Å². The highest BCUT2D eigenvalue weighted by atomic mass is 35.5. The van der Waals surface area contributed by atoms with Crippen LogP contribution in [0.15, 0.2) is 42.5 Å². The predicted octanol–water partition coefficient (Wildman–Crippen LogP) is 3.57. The number of carbonyl (C=O) groups excluding carboxylic acids is 3. The molecule has 0 bridgehead atoms. The quantitative estimate of drug-likeness (QED) is 0.652. The van der Waals surface area contributed by atoms with Gasteiger partial charge in [-0.25, -0.2) is 0 Å². The first kappa shape index (κ1) is 21.1. The van der Waals surface area contributed by atoms with Gasteiger partial charge in [0.1, 0.15) is 6.54 Å². The van der Waals surface area contributed by atoms with Crippen LogP contribution in [0.5, 0.6) is 0 Å². The third kappa shape index (κ3) is 5.71. The van der Waals surface area contributed by atoms with Crippen molar-refractivity contribution in [3.8, 4) is 0 Å². The molecule has 0 aromatic heterocycles. The van der Waals surface area contributed by atoms with E-state index in [-0.39, 0.29) is 36.6 Å². The van der Waals surface area contributed by atoms with Crippen LogP contribution < -0.4 is 10.6 Å². The standard InChI is InChI=1S/C21H20Cl2N2O4/c1-29-20(27)11-24-19(26)8-12-2-5-14(6-3-12)25-21(28)16-10-15(16)13-4-7-17(22)18(23)9-13/h2-7,9,15-16H,8,10-11H2,1H3,(H,24,26)(H,25,28). The molecule has 0 saturated heterocycles. The third-order valence-corrected chi connectivity index (χ3v) is 5.48. The molecule has 1 fully saturated rings. The summed E-state index contributed by atoms with van der Waals surface area (Å²) in [5.74, 6) is -0.798. The Morgan fingerprint density at radius 2 is 1.79 bits per heavy atom. The van der Waals surface area contributed by atoms with E-state index in [1.54, 1.807) is 30.3 Å². The van der Waals surface area contributed by atoms with Gasteiger partial charge in [0.15, 0.2) is 0 Å². The number of amides is 2. The summed E-state index contributed by atoms with van der Waals surface area (Å²) in [4.78, 5) is 35.3. The molecule has 1 aliphatic carbocycles. The topological polar surface area (TPSA) is 84.5 Å². The molecule has 8 heteroatoms. The zero-order chi connectivity index (χ0) is 21.0. The highest BCUT2D eigenvalue weighted by molar-refractivity contribution is 6.42. The average molecular weight is 435 g/mol. The van der Waals surface area contributed by atoms with Gasteiger partial charge in [-0.2, -0.15) is 0 Å². The molecule has 29 heavy (non-hydrogen) atoms. The monoisotopic (exact) mass is 434 g/mol. The van der Waals surface area contributed by atoms with E-state index >= 15 is 0 Å². The molecule has 6 nitrogen and oxygen atoms in total. The van der Waals surface area contributed by atoms with Crippen molar-refractivity contribution in [2.45, 2.75) is 18.8 Å². The summed E-state index contributed by atoms with van der Waals surface area (Å²) in [6, 6.07) is 12.5. The number of esters is 1. The summed E-state index contributed by atoms with van der Waals surface area (Å²) in [5, 5.41) is 6.36. The van der Waals surface area contributed by atoms with Gasteiger partial charge in [0, 0.05) is 11.6 Å². The van der Waals surface area contributed by atoms with Crippen molar-refractivity contribution in [3.63, 3.8) is 0 Å². The lowest BCUT2D eigenvalue weighted by Gasteiger charge is -2.08. The fourth-order valence-corrected chi connectivity index (χ4v) is 3.33. The minimum atomic E-state index is -0.504. The minimum Gasteiger partial charge on any atom is -0.468 e. The molecule has 2 atom stereocenters. The summed E-state index contributed by atoms with van der Waals surface area (Å²) in [6.45, 7) is -0.162. The Labute approximate surface area is 178 Å². The van der Waals surface area contributed by atoms with E-state index in [0.29, 0.717) is 15.7 Å². The number of rotatable bonds is 7. The number of anilines is 1. The summed E-state index contributed by atoms with van der Waals surface area (Å²) >= 11 is 12.0. The van der Waals surface area contributed by atoms with Gasteiger partial charge in [0.2, 0.25) is 11.8 Å². The molecule has 2 N–H and O–H groups in total. The lowest BCUT2D eigenvalue weighted by atomic mass is 10.1. The van der Waals surface area contributed by atoms with Crippen molar-refractivity contribution in [2.24, 2.45) is 5.92 Å². The molecule has 0 radical (unpaired) electrons. The van der Waals surface area contributed by atoms with Crippen LogP contribution in [-0.4, -0.2) is 31.4 Å². The highest BCUT2D eigenvalue weighted by Crippen LogP contribution is 2.48. The van der Waals surface area contributed by atoms with Crippen LogP contribution in [0.3, 0.4) is 0 Å². The molecular weight excluding hydrogens is 415 g/mol. The zero-order valence-corrected chi connectivity index (χ0v) is 17.2. The van der Waals surface area contributed by atoms with Crippen molar-refractivity contribution >= 4 is 46.7 Å². The zero-order valence-electron chi connectivity index (χ0n) is 15.7. The number of halogens is 2. The molecule has 0 spiro atoms. The Morgan fingerprint density at radius 1 is 1.07 bits per heavy atom. The molecule has 2 unspecified atom stereocenters. The third-order valence-electron chi connectivity index (χ3n) is 4.74. The van der Waals surface area contributed by atoms with Gasteiger partial charge >= 0.3 is 5.97 Å². The maximum absolute atomic E-state index is 12.5. The van der Waals surface area contributed by atoms with Crippen molar-refractivity contribution in [1.29, 1.82) is 0 Å². The van der Waals surface area contributed by atoms with Crippen LogP contribution in [0, 0.1) is 5.92 Å². The smallest absolute Gasteiger partial charge is 0.325 e. The van der Waals surface area contributed by atoms with Crippen LogP contribution in [0.4, 0.5) is 5.69 Å². The summed E-state index contributed by atoms with van der Waals surface area (Å²) in [7, 11) is 1.26. The Bertz CT molecular complexity index is 931. The summed E-state index contributed by atoms with van der Waals surface area (Å²) in [6.07, 6.45) is 0.898. The van der Waals surface area contributed by atoms with E-state index in [1.165, 1.54) is 7.11 Å². The van der Waals surface area contributed by atoms with Crippen LogP contribution >= 0.6 is 23.2 Å². The van der Waals surface area contributed by atoms with E-state index in [0.717, 1.165) is 17.5 Å². The van der Waals surface area contributed by atoms with Crippen LogP contribution in [0.25, 0.3) is 0 Å². The fourth-order valence-electron chi connectivity index (χ4n) is 3.03. The maximum atomic E-state index is 12.5. The van der Waals surface area contributed by atoms with Gasteiger partial charge in [-0.05, 0) is 47.7 Å². The van der Waals surface area contributed by atoms with E-state index in [2.05, 4.69) is 15.4 Å². The average Bonchev–Trinajstić information content (AvgIpc) is 3.50. The van der Waals surface area contributed by atoms with Crippen LogP contribution in [-0.2, 0) is 25.5 Å². The van der Waals surface area contributed by atoms with E-state index < -0.39 is 5.97 Å². The van der Waals surface area contributed by atoms with E-state index in [4.69, 9.17) is 23.2 Å². The van der Waals surface area contributed by atoms with Gasteiger partial charge in [-0.1, -0.05) is 41.4 Å². The van der Waals surface area contributed by atoms with Crippen molar-refractivity contribution in [2.75, 3.05) is 19.0 Å². The molecule has 0 heterocycles. The molecule has 1 aliphatic rings. The Hall–Kier alpha value is -2.57. The number of methoxy groups -OCH3 is 1. The van der Waals surface area contributed by atoms with Gasteiger partial charge in [-0.15, -0.1) is 0 Å². The Balaban J connectivity index is 1.49. The molecular formula is C21H20Cl2N2O4. The molecule has 152 valence electrons. The first-order chi connectivity index (χ1) is 13.9. The van der Waals surface area contributed by atoms with Gasteiger partial charge < -0.3 is 15.4 Å². The SMILES string of the molecule is COC(=O)CNC(=O)Cc1ccc(NC(=O)C2CC2c2ccc(Cl)c(Cl)c2)cc1. The summed E-state index contributed by atoms with van der Waals surface area (Å²) in [5.41, 5.74) is 2.44. The van der Waals surface area contributed by atoms with Gasteiger partial charge in [-0.3, -0.25) is 14.4 Å². The molecule has 1 saturated carbocycles. The van der Waals surface area contributed by atoms with E-state index in [9.17, 15) is 14.4 Å². The lowest BCUT2D eigenvalue weighted by Crippen LogP contribution is -2.31. The van der Waals surface area contributed by atoms with Crippen molar-refractivity contribution in [1.82, 2.24) is 5.32 Å². The van der Waals surface area contributed by atoms with Crippen molar-refractivity contribution in [3.05, 3.63) is 63.6 Å². The molecule has 3 rings (SSSR count). The van der Waals surface area contributed by atoms with Crippen LogP contribution in [0.2, 0.25) is 10.0 Å². The molecule has 2 aromatic carbocycles. The summed E-state index contributed by atoms with van der Waals surface area (Å²) < 4.78 is 4.47. The van der Waals surface area contributed by atoms with Gasteiger partial charge in [0.05, 0.1) is 23.6 Å². The number of carbonyl (C=O) groups is 3. The highest BCUT2D eigenvalue weighted by Gasteiger charge is 2.44. The molecule has 2 aromatic rings. The Kier molecular flexibility index (Phi) is 6.77. The Morgan fingerprint density at radius 3 is 2.45 bits per heavy atom.